The van der Waals surface area contributed by atoms with Crippen molar-refractivity contribution < 1.29 is 4.79 Å². The van der Waals surface area contributed by atoms with Crippen LogP contribution < -0.4 is 0 Å². The van der Waals surface area contributed by atoms with Crippen molar-refractivity contribution in [2.75, 3.05) is 6.54 Å². The predicted molar refractivity (Wildman–Crippen MR) is 53.5 cm³/mol. The van der Waals surface area contributed by atoms with Gasteiger partial charge in [-0.15, -0.1) is 0 Å². The maximum atomic E-state index is 11.6. The molecule has 0 radical (unpaired) electrons. The fourth-order valence-electron chi connectivity index (χ4n) is 1.34. The number of hydrogen-bond acceptors (Lipinski definition) is 2. The van der Waals surface area contributed by atoms with E-state index in [1.54, 1.807) is 0 Å². The molecule has 2 nitrogen and oxygen atoms in total. The molecule has 1 fully saturated rings. The van der Waals surface area contributed by atoms with Crippen molar-refractivity contribution in [1.82, 2.24) is 4.90 Å². The number of amides is 1. The van der Waals surface area contributed by atoms with Crippen LogP contribution in [0.3, 0.4) is 0 Å². The van der Waals surface area contributed by atoms with E-state index >= 15 is 0 Å². The summed E-state index contributed by atoms with van der Waals surface area (Å²) in [6, 6.07) is 0.534. The molecular formula is C9H17NOS. The molecular weight excluding hydrogens is 170 g/mol. The van der Waals surface area contributed by atoms with Crippen LogP contribution in [0.25, 0.3) is 0 Å². The van der Waals surface area contributed by atoms with Crippen LogP contribution in [0.5, 0.6) is 0 Å². The summed E-state index contributed by atoms with van der Waals surface area (Å²) in [5.41, 5.74) is 0. The Hall–Kier alpha value is -0.180. The van der Waals surface area contributed by atoms with Gasteiger partial charge in [-0.1, -0.05) is 6.92 Å². The molecule has 0 spiro atoms. The highest BCUT2D eigenvalue weighted by Gasteiger charge is 2.32. The van der Waals surface area contributed by atoms with E-state index in [1.165, 1.54) is 12.8 Å². The molecule has 1 unspecified atom stereocenters. The fourth-order valence-corrected chi connectivity index (χ4v) is 1.49. The third kappa shape index (κ3) is 2.41. The lowest BCUT2D eigenvalue weighted by Crippen LogP contribution is -2.38. The van der Waals surface area contributed by atoms with Crippen LogP contribution in [-0.2, 0) is 4.79 Å². The molecule has 0 aliphatic heterocycles. The number of carbonyl (C=O) groups is 1. The van der Waals surface area contributed by atoms with E-state index in [-0.39, 0.29) is 11.2 Å². The van der Waals surface area contributed by atoms with Gasteiger partial charge in [-0.25, -0.2) is 0 Å². The quantitative estimate of drug-likeness (QED) is 0.664. The zero-order valence-electron chi connectivity index (χ0n) is 7.79. The Bertz CT molecular complexity index is 166. The first kappa shape index (κ1) is 9.90. The van der Waals surface area contributed by atoms with Crippen molar-refractivity contribution in [2.45, 2.75) is 44.4 Å². The molecule has 12 heavy (non-hydrogen) atoms. The molecule has 0 bridgehead atoms. The summed E-state index contributed by atoms with van der Waals surface area (Å²) in [4.78, 5) is 13.5. The Kier molecular flexibility index (Phi) is 3.44. The summed E-state index contributed by atoms with van der Waals surface area (Å²) in [6.07, 6.45) is 3.42. The van der Waals surface area contributed by atoms with Crippen LogP contribution >= 0.6 is 12.6 Å². The number of nitrogens with zero attached hydrogens (tertiary/aromatic N) is 1. The molecule has 1 aliphatic rings. The van der Waals surface area contributed by atoms with Gasteiger partial charge in [0.15, 0.2) is 0 Å². The zero-order chi connectivity index (χ0) is 9.14. The summed E-state index contributed by atoms with van der Waals surface area (Å²) in [5.74, 6) is 0.197. The molecule has 0 saturated heterocycles. The maximum absolute atomic E-state index is 11.6. The number of thiol groups is 1. The molecule has 1 aliphatic carbocycles. The lowest BCUT2D eigenvalue weighted by molar-refractivity contribution is -0.130. The number of hydrogen-bond donors (Lipinski definition) is 1. The molecule has 1 atom stereocenters. The van der Waals surface area contributed by atoms with E-state index in [0.717, 1.165) is 13.0 Å². The molecule has 3 heteroatoms. The van der Waals surface area contributed by atoms with Crippen LogP contribution in [0.1, 0.15) is 33.1 Å². The first-order valence-corrected chi connectivity index (χ1v) is 5.17. The van der Waals surface area contributed by atoms with Gasteiger partial charge in [-0.05, 0) is 26.2 Å². The molecule has 1 amide bonds. The van der Waals surface area contributed by atoms with Gasteiger partial charge in [0.1, 0.15) is 0 Å². The lowest BCUT2D eigenvalue weighted by atomic mass is 10.3. The topological polar surface area (TPSA) is 20.3 Å². The first-order valence-electron chi connectivity index (χ1n) is 4.65. The largest absolute Gasteiger partial charge is 0.339 e. The first-order chi connectivity index (χ1) is 5.66. The third-order valence-electron chi connectivity index (χ3n) is 2.09. The van der Waals surface area contributed by atoms with E-state index in [0.29, 0.717) is 6.04 Å². The average molecular weight is 187 g/mol. The van der Waals surface area contributed by atoms with Gasteiger partial charge < -0.3 is 4.90 Å². The lowest BCUT2D eigenvalue weighted by Gasteiger charge is -2.23. The number of rotatable bonds is 4. The van der Waals surface area contributed by atoms with Gasteiger partial charge in [0.05, 0.1) is 5.25 Å². The normalized spacial score (nSPS) is 18.9. The van der Waals surface area contributed by atoms with Gasteiger partial charge in [0.2, 0.25) is 5.91 Å². The van der Waals surface area contributed by atoms with E-state index in [2.05, 4.69) is 19.6 Å². The van der Waals surface area contributed by atoms with Crippen molar-refractivity contribution in [2.24, 2.45) is 0 Å². The Morgan fingerprint density at radius 2 is 2.25 bits per heavy atom. The molecule has 0 aromatic carbocycles. The highest BCUT2D eigenvalue weighted by Crippen LogP contribution is 2.27. The third-order valence-corrected chi connectivity index (χ3v) is 2.31. The van der Waals surface area contributed by atoms with Crippen molar-refractivity contribution in [3.05, 3.63) is 0 Å². The van der Waals surface area contributed by atoms with Gasteiger partial charge in [-0.2, -0.15) is 12.6 Å². The smallest absolute Gasteiger partial charge is 0.235 e. The molecule has 1 saturated carbocycles. The van der Waals surface area contributed by atoms with E-state index in [4.69, 9.17) is 0 Å². The van der Waals surface area contributed by atoms with Gasteiger partial charge in [-0.3, -0.25) is 4.79 Å². The summed E-state index contributed by atoms with van der Waals surface area (Å²) < 4.78 is 0. The predicted octanol–water partition coefficient (Wildman–Crippen LogP) is 1.71. The summed E-state index contributed by atoms with van der Waals surface area (Å²) in [6.45, 7) is 4.84. The molecule has 0 aromatic heterocycles. The van der Waals surface area contributed by atoms with Crippen LogP contribution in [0.2, 0.25) is 0 Å². The second kappa shape index (κ2) is 4.17. The molecule has 1 rings (SSSR count). The number of carbonyl (C=O) groups excluding carboxylic acids is 1. The van der Waals surface area contributed by atoms with Crippen LogP contribution in [-0.4, -0.2) is 28.6 Å². The Balaban J connectivity index is 2.46. The van der Waals surface area contributed by atoms with Crippen molar-refractivity contribution >= 4 is 18.5 Å². The van der Waals surface area contributed by atoms with Crippen LogP contribution in [0.15, 0.2) is 0 Å². The second-order valence-electron chi connectivity index (χ2n) is 3.44. The van der Waals surface area contributed by atoms with E-state index < -0.39 is 0 Å². The monoisotopic (exact) mass is 187 g/mol. The molecule has 70 valence electrons. The average Bonchev–Trinajstić information content (AvgIpc) is 2.81. The standard InChI is InChI=1S/C9H17NOS/c1-3-6-10(8-4-5-8)9(11)7(2)12/h7-8,12H,3-6H2,1-2H3. The Labute approximate surface area is 79.7 Å². The van der Waals surface area contributed by atoms with E-state index in [9.17, 15) is 4.79 Å². The Morgan fingerprint density at radius 1 is 1.67 bits per heavy atom. The minimum Gasteiger partial charge on any atom is -0.339 e. The molecule has 0 N–H and O–H groups in total. The SMILES string of the molecule is CCCN(C(=O)C(C)S)C1CC1. The van der Waals surface area contributed by atoms with Crippen LogP contribution in [0.4, 0.5) is 0 Å². The minimum absolute atomic E-state index is 0.142. The molecule has 0 aromatic rings. The zero-order valence-corrected chi connectivity index (χ0v) is 8.68. The highest BCUT2D eigenvalue weighted by molar-refractivity contribution is 7.81. The van der Waals surface area contributed by atoms with Gasteiger partial charge in [0, 0.05) is 12.6 Å². The van der Waals surface area contributed by atoms with Crippen molar-refractivity contribution in [1.29, 1.82) is 0 Å². The van der Waals surface area contributed by atoms with Gasteiger partial charge >= 0.3 is 0 Å². The van der Waals surface area contributed by atoms with Gasteiger partial charge in [0.25, 0.3) is 0 Å². The minimum atomic E-state index is -0.142. The maximum Gasteiger partial charge on any atom is 0.235 e. The summed E-state index contributed by atoms with van der Waals surface area (Å²) >= 11 is 4.16. The summed E-state index contributed by atoms with van der Waals surface area (Å²) in [5, 5.41) is -0.142. The fraction of sp³-hybridized carbons (Fsp3) is 0.889. The summed E-state index contributed by atoms with van der Waals surface area (Å²) in [7, 11) is 0. The van der Waals surface area contributed by atoms with Crippen molar-refractivity contribution in [3.63, 3.8) is 0 Å². The van der Waals surface area contributed by atoms with Crippen molar-refractivity contribution in [3.8, 4) is 0 Å². The van der Waals surface area contributed by atoms with Crippen LogP contribution in [0, 0.1) is 0 Å². The highest BCUT2D eigenvalue weighted by atomic mass is 32.1. The van der Waals surface area contributed by atoms with E-state index in [1.807, 2.05) is 11.8 Å². The molecule has 0 heterocycles. The Morgan fingerprint density at radius 3 is 2.58 bits per heavy atom. The second-order valence-corrected chi connectivity index (χ2v) is 4.21.